The molecule has 35 heavy (non-hydrogen) atoms. The van der Waals surface area contributed by atoms with Gasteiger partial charge in [-0.05, 0) is 61.2 Å². The molecule has 0 radical (unpaired) electrons. The van der Waals surface area contributed by atoms with Gasteiger partial charge in [0.15, 0.2) is 0 Å². The number of nitrogens with two attached hydrogens (primary N) is 1. The van der Waals surface area contributed by atoms with Gasteiger partial charge in [-0.3, -0.25) is 14.4 Å². The number of amides is 2. The fourth-order valence-electron chi connectivity index (χ4n) is 4.29. The molecule has 0 spiro atoms. The van der Waals surface area contributed by atoms with Gasteiger partial charge < -0.3 is 20.4 Å². The van der Waals surface area contributed by atoms with Crippen LogP contribution in [0.2, 0.25) is 5.02 Å². The Balaban J connectivity index is 1.73. The minimum Gasteiger partial charge on any atom is -0.373 e. The zero-order valence-corrected chi connectivity index (χ0v) is 20.1. The van der Waals surface area contributed by atoms with Gasteiger partial charge in [-0.15, -0.1) is 0 Å². The molecule has 0 aliphatic carbocycles. The predicted octanol–water partition coefficient (Wildman–Crippen LogP) is 4.46. The monoisotopic (exact) mass is 497 g/mol. The number of aromatic nitrogens is 1. The van der Waals surface area contributed by atoms with Crippen LogP contribution in [0.15, 0.2) is 53.5 Å². The highest BCUT2D eigenvalue weighted by Gasteiger charge is 2.26. The zero-order chi connectivity index (χ0) is 25.3. The first-order chi connectivity index (χ1) is 16.7. The first kappa shape index (κ1) is 24.6. The molecular weight excluding hydrogens is 473 g/mol. The van der Waals surface area contributed by atoms with Crippen LogP contribution in [0.4, 0.5) is 10.1 Å². The number of nitrogens with one attached hydrogen (secondary N) is 1. The second-order valence-corrected chi connectivity index (χ2v) is 8.94. The summed E-state index contributed by atoms with van der Waals surface area (Å²) < 4.78 is 22.4. The number of anilines is 1. The fraction of sp³-hybridized carbons (Fsp3) is 0.269. The van der Waals surface area contributed by atoms with Crippen molar-refractivity contribution in [2.24, 2.45) is 5.73 Å². The van der Waals surface area contributed by atoms with Crippen molar-refractivity contribution in [3.8, 4) is 11.1 Å². The number of halogens is 2. The molecule has 3 aromatic rings. The van der Waals surface area contributed by atoms with Gasteiger partial charge in [0.05, 0.1) is 17.7 Å². The van der Waals surface area contributed by atoms with Crippen molar-refractivity contribution in [1.29, 1.82) is 0 Å². The van der Waals surface area contributed by atoms with E-state index in [0.29, 0.717) is 46.3 Å². The van der Waals surface area contributed by atoms with Crippen LogP contribution in [0.25, 0.3) is 11.1 Å². The lowest BCUT2D eigenvalue weighted by atomic mass is 9.92. The van der Waals surface area contributed by atoms with E-state index in [0.717, 1.165) is 0 Å². The summed E-state index contributed by atoms with van der Waals surface area (Å²) in [5.41, 5.74) is 7.55. The molecule has 0 fully saturated rings. The van der Waals surface area contributed by atoms with Crippen LogP contribution in [-0.2, 0) is 22.6 Å². The second kappa shape index (κ2) is 10.0. The number of ether oxygens (including phenoxy) is 1. The van der Waals surface area contributed by atoms with Crippen molar-refractivity contribution >= 4 is 29.1 Å². The maximum absolute atomic E-state index is 15.1. The highest BCUT2D eigenvalue weighted by molar-refractivity contribution is 6.31. The molecule has 1 aromatic heterocycles. The number of fused-ring (bicyclic) bond motifs is 3. The maximum Gasteiger partial charge on any atom is 0.251 e. The van der Waals surface area contributed by atoms with Crippen molar-refractivity contribution < 1.29 is 18.7 Å². The molecule has 0 saturated heterocycles. The standard InChI is InChI=1S/C26H25ClFN3O4/c1-3-21(26(34)30-18-7-4-15(5-8-18)25(29)33)31-12-17-13-35-14(2)10-16-6-9-20(27)24(28)23(16)19(17)11-22(31)32/h4-9,11-12,14,21H,3,10,13H2,1-2H3,(H2,29,33)(H,30,34)/t14-,21+/m1/s1. The van der Waals surface area contributed by atoms with Crippen LogP contribution in [0.1, 0.15) is 47.8 Å². The lowest BCUT2D eigenvalue weighted by molar-refractivity contribution is -0.119. The molecule has 7 nitrogen and oxygen atoms in total. The minimum atomic E-state index is -0.824. The number of primary amides is 1. The van der Waals surface area contributed by atoms with Crippen molar-refractivity contribution in [2.45, 2.75) is 45.4 Å². The van der Waals surface area contributed by atoms with E-state index < -0.39 is 29.2 Å². The van der Waals surface area contributed by atoms with Crippen molar-refractivity contribution in [1.82, 2.24) is 4.57 Å². The molecule has 0 bridgehead atoms. The average molecular weight is 498 g/mol. The van der Waals surface area contributed by atoms with Gasteiger partial charge in [0, 0.05) is 34.6 Å². The lowest BCUT2D eigenvalue weighted by Crippen LogP contribution is -2.33. The number of carbonyl (C=O) groups is 2. The molecule has 1 aliphatic rings. The Morgan fingerprint density at radius 2 is 1.94 bits per heavy atom. The molecule has 0 unspecified atom stereocenters. The highest BCUT2D eigenvalue weighted by Crippen LogP contribution is 2.36. The van der Waals surface area contributed by atoms with Gasteiger partial charge in [-0.2, -0.15) is 0 Å². The van der Waals surface area contributed by atoms with E-state index in [1.807, 2.05) is 6.92 Å². The number of carbonyl (C=O) groups excluding carboxylic acids is 2. The molecule has 0 saturated carbocycles. The largest absolute Gasteiger partial charge is 0.373 e. The third kappa shape index (κ3) is 4.99. The third-order valence-electron chi connectivity index (χ3n) is 6.11. The molecule has 2 atom stereocenters. The Kier molecular flexibility index (Phi) is 7.05. The summed E-state index contributed by atoms with van der Waals surface area (Å²) in [6.07, 6.45) is 2.18. The topological polar surface area (TPSA) is 103 Å². The van der Waals surface area contributed by atoms with Crippen LogP contribution in [0.5, 0.6) is 0 Å². The van der Waals surface area contributed by atoms with E-state index in [1.165, 1.54) is 28.8 Å². The summed E-state index contributed by atoms with van der Waals surface area (Å²) in [6.45, 7) is 3.83. The smallest absolute Gasteiger partial charge is 0.251 e. The van der Waals surface area contributed by atoms with E-state index in [9.17, 15) is 14.4 Å². The van der Waals surface area contributed by atoms with Crippen LogP contribution >= 0.6 is 11.6 Å². The maximum atomic E-state index is 15.1. The second-order valence-electron chi connectivity index (χ2n) is 8.53. The molecule has 9 heteroatoms. The van der Waals surface area contributed by atoms with E-state index in [4.69, 9.17) is 22.1 Å². The number of rotatable bonds is 5. The molecule has 182 valence electrons. The van der Waals surface area contributed by atoms with E-state index in [-0.39, 0.29) is 17.7 Å². The molecule has 1 aliphatic heterocycles. The summed E-state index contributed by atoms with van der Waals surface area (Å²) in [5.74, 6) is -1.56. The molecule has 2 heterocycles. The van der Waals surface area contributed by atoms with Gasteiger partial charge in [-0.25, -0.2) is 4.39 Å². The van der Waals surface area contributed by atoms with Crippen LogP contribution in [0, 0.1) is 5.82 Å². The molecular formula is C26H25ClFN3O4. The zero-order valence-electron chi connectivity index (χ0n) is 19.3. The number of nitrogens with zero attached hydrogens (tertiary/aromatic N) is 1. The van der Waals surface area contributed by atoms with E-state index >= 15 is 4.39 Å². The summed E-state index contributed by atoms with van der Waals surface area (Å²) >= 11 is 6.06. The molecule has 4 rings (SSSR count). The highest BCUT2D eigenvalue weighted by atomic mass is 35.5. The van der Waals surface area contributed by atoms with Gasteiger partial charge in [-0.1, -0.05) is 24.6 Å². The van der Waals surface area contributed by atoms with Crippen LogP contribution in [0.3, 0.4) is 0 Å². The number of benzene rings is 2. The van der Waals surface area contributed by atoms with Gasteiger partial charge >= 0.3 is 0 Å². The quantitative estimate of drug-likeness (QED) is 0.543. The minimum absolute atomic E-state index is 0.0267. The molecule has 3 N–H and O–H groups in total. The Bertz CT molecular complexity index is 1350. The Morgan fingerprint density at radius 1 is 1.23 bits per heavy atom. The van der Waals surface area contributed by atoms with Crippen molar-refractivity contribution in [2.75, 3.05) is 5.32 Å². The third-order valence-corrected chi connectivity index (χ3v) is 6.40. The summed E-state index contributed by atoms with van der Waals surface area (Å²) in [6, 6.07) is 9.89. The molecule has 2 aromatic carbocycles. The van der Waals surface area contributed by atoms with Crippen LogP contribution in [-0.4, -0.2) is 22.5 Å². The van der Waals surface area contributed by atoms with E-state index in [2.05, 4.69) is 5.32 Å². The fourth-order valence-corrected chi connectivity index (χ4v) is 4.44. The van der Waals surface area contributed by atoms with Gasteiger partial charge in [0.25, 0.3) is 5.56 Å². The Hall–Kier alpha value is -3.49. The van der Waals surface area contributed by atoms with E-state index in [1.54, 1.807) is 31.3 Å². The normalized spacial score (nSPS) is 15.8. The van der Waals surface area contributed by atoms with Crippen molar-refractivity contribution in [3.05, 3.63) is 86.5 Å². The SMILES string of the molecule is CC[C@@H](C(=O)Nc1ccc(C(N)=O)cc1)n1cc2c(cc1=O)-c1c(ccc(Cl)c1F)C[C@@H](C)OC2. The lowest BCUT2D eigenvalue weighted by Gasteiger charge is -2.25. The van der Waals surface area contributed by atoms with Crippen LogP contribution < -0.4 is 16.6 Å². The first-order valence-corrected chi connectivity index (χ1v) is 11.6. The average Bonchev–Trinajstić information content (AvgIpc) is 2.81. The van der Waals surface area contributed by atoms with Crippen molar-refractivity contribution in [3.63, 3.8) is 0 Å². The summed E-state index contributed by atoms with van der Waals surface area (Å²) in [4.78, 5) is 37.5. The summed E-state index contributed by atoms with van der Waals surface area (Å²) in [7, 11) is 0. The number of pyridine rings is 1. The Morgan fingerprint density at radius 3 is 2.60 bits per heavy atom. The number of hydrogen-bond donors (Lipinski definition) is 2. The molecule has 2 amide bonds. The Labute approximate surface area is 206 Å². The first-order valence-electron chi connectivity index (χ1n) is 11.2. The number of hydrogen-bond acceptors (Lipinski definition) is 4. The van der Waals surface area contributed by atoms with Gasteiger partial charge in [0.2, 0.25) is 11.8 Å². The summed E-state index contributed by atoms with van der Waals surface area (Å²) in [5, 5.41) is 2.74. The van der Waals surface area contributed by atoms with Gasteiger partial charge in [0.1, 0.15) is 11.9 Å². The predicted molar refractivity (Wildman–Crippen MR) is 132 cm³/mol.